The van der Waals surface area contributed by atoms with Crippen molar-refractivity contribution in [1.29, 1.82) is 0 Å². The third kappa shape index (κ3) is 4.50. The van der Waals surface area contributed by atoms with Crippen LogP contribution in [0.5, 0.6) is 0 Å². The number of carbonyl (C=O) groups is 1. The van der Waals surface area contributed by atoms with E-state index in [1.165, 1.54) is 13.2 Å². The van der Waals surface area contributed by atoms with Crippen LogP contribution >= 0.6 is 0 Å². The molecule has 1 aliphatic heterocycles. The van der Waals surface area contributed by atoms with E-state index in [0.29, 0.717) is 6.54 Å². The van der Waals surface area contributed by atoms with E-state index < -0.39 is 0 Å². The lowest BCUT2D eigenvalue weighted by molar-refractivity contribution is -0.384. The van der Waals surface area contributed by atoms with Crippen LogP contribution in [0.2, 0.25) is 0 Å². The molecule has 1 amide bonds. The molecule has 0 bridgehead atoms. The summed E-state index contributed by atoms with van der Waals surface area (Å²) >= 11 is 0. The van der Waals surface area contributed by atoms with Crippen molar-refractivity contribution in [2.75, 3.05) is 39.7 Å². The molecule has 0 aromatic heterocycles. The molecule has 1 aromatic carbocycles. The predicted octanol–water partition coefficient (Wildman–Crippen LogP) is 2.17. The highest BCUT2D eigenvalue weighted by molar-refractivity contribution is 5.77. The third-order valence-corrected chi connectivity index (χ3v) is 4.98. The normalized spacial score (nSPS) is 19.6. The number of benzene rings is 1. The molecule has 0 aliphatic carbocycles. The molecular weight excluding hydrogens is 336 g/mol. The van der Waals surface area contributed by atoms with Gasteiger partial charge in [-0.05, 0) is 32.1 Å². The van der Waals surface area contributed by atoms with Crippen LogP contribution in [0.15, 0.2) is 18.2 Å². The SMILES string of the molecule is COCC(=O)NCC(C)(C)C1CC(N(C)C)c2cc([N+](=O)[O-])ccc2N1. The van der Waals surface area contributed by atoms with Crippen molar-refractivity contribution in [2.45, 2.75) is 32.4 Å². The fourth-order valence-electron chi connectivity index (χ4n) is 3.30. The van der Waals surface area contributed by atoms with Crippen LogP contribution in [-0.4, -0.2) is 56.1 Å². The van der Waals surface area contributed by atoms with Gasteiger partial charge in [0.1, 0.15) is 6.61 Å². The molecule has 8 heteroatoms. The maximum Gasteiger partial charge on any atom is 0.269 e. The summed E-state index contributed by atoms with van der Waals surface area (Å²) in [6, 6.07) is 5.11. The molecule has 2 rings (SSSR count). The number of rotatable bonds is 7. The van der Waals surface area contributed by atoms with E-state index >= 15 is 0 Å². The number of hydrogen-bond acceptors (Lipinski definition) is 6. The van der Waals surface area contributed by atoms with Gasteiger partial charge in [0.2, 0.25) is 5.91 Å². The fraction of sp³-hybridized carbons (Fsp3) is 0.611. The number of methoxy groups -OCH3 is 1. The van der Waals surface area contributed by atoms with Crippen LogP contribution < -0.4 is 10.6 Å². The zero-order valence-corrected chi connectivity index (χ0v) is 16.0. The lowest BCUT2D eigenvalue weighted by Gasteiger charge is -2.43. The van der Waals surface area contributed by atoms with E-state index in [-0.39, 0.29) is 40.6 Å². The van der Waals surface area contributed by atoms with Gasteiger partial charge in [-0.15, -0.1) is 0 Å². The van der Waals surface area contributed by atoms with E-state index in [4.69, 9.17) is 4.74 Å². The van der Waals surface area contributed by atoms with Gasteiger partial charge in [-0.3, -0.25) is 14.9 Å². The van der Waals surface area contributed by atoms with Gasteiger partial charge in [-0.25, -0.2) is 0 Å². The van der Waals surface area contributed by atoms with Crippen molar-refractivity contribution in [3.8, 4) is 0 Å². The van der Waals surface area contributed by atoms with Gasteiger partial charge in [-0.2, -0.15) is 0 Å². The highest BCUT2D eigenvalue weighted by atomic mass is 16.6. The van der Waals surface area contributed by atoms with Gasteiger partial charge in [0.05, 0.1) is 4.92 Å². The molecule has 26 heavy (non-hydrogen) atoms. The lowest BCUT2D eigenvalue weighted by atomic mass is 9.77. The Kier molecular flexibility index (Phi) is 6.20. The summed E-state index contributed by atoms with van der Waals surface area (Å²) in [7, 11) is 5.44. The first-order valence-electron chi connectivity index (χ1n) is 8.62. The number of hydrogen-bond donors (Lipinski definition) is 2. The lowest BCUT2D eigenvalue weighted by Crippen LogP contribution is -2.48. The molecule has 0 spiro atoms. The van der Waals surface area contributed by atoms with E-state index in [1.54, 1.807) is 12.1 Å². The summed E-state index contributed by atoms with van der Waals surface area (Å²) in [5, 5.41) is 17.5. The van der Waals surface area contributed by atoms with Crippen molar-refractivity contribution in [3.05, 3.63) is 33.9 Å². The number of non-ortho nitro benzene ring substituents is 1. The van der Waals surface area contributed by atoms with Gasteiger partial charge < -0.3 is 20.3 Å². The van der Waals surface area contributed by atoms with Crippen molar-refractivity contribution in [1.82, 2.24) is 10.2 Å². The number of nitrogens with zero attached hydrogens (tertiary/aromatic N) is 2. The summed E-state index contributed by atoms with van der Waals surface area (Å²) < 4.78 is 4.85. The minimum absolute atomic E-state index is 0.0427. The first kappa shape index (κ1) is 20.1. The van der Waals surface area contributed by atoms with Gasteiger partial charge in [0, 0.05) is 49.0 Å². The maximum absolute atomic E-state index is 11.7. The Labute approximate surface area is 154 Å². The second-order valence-electron chi connectivity index (χ2n) is 7.64. The third-order valence-electron chi connectivity index (χ3n) is 4.98. The van der Waals surface area contributed by atoms with Crippen molar-refractivity contribution in [2.24, 2.45) is 5.41 Å². The Bertz CT molecular complexity index is 675. The zero-order chi connectivity index (χ0) is 19.5. The van der Waals surface area contributed by atoms with Crippen LogP contribution in [0.3, 0.4) is 0 Å². The molecule has 2 unspecified atom stereocenters. The number of ether oxygens (including phenoxy) is 1. The number of anilines is 1. The van der Waals surface area contributed by atoms with E-state index in [2.05, 4.69) is 29.4 Å². The Morgan fingerprint density at radius 3 is 2.73 bits per heavy atom. The van der Waals surface area contributed by atoms with Crippen LogP contribution in [0.4, 0.5) is 11.4 Å². The number of nitro benzene ring substituents is 1. The molecule has 0 saturated carbocycles. The van der Waals surface area contributed by atoms with Gasteiger partial charge in [-0.1, -0.05) is 13.8 Å². The number of nitrogens with one attached hydrogen (secondary N) is 2. The first-order valence-corrected chi connectivity index (χ1v) is 8.62. The van der Waals surface area contributed by atoms with Gasteiger partial charge >= 0.3 is 0 Å². The standard InChI is InChI=1S/C18H28N4O4/c1-18(2,11-19-17(23)10-26-5)16-9-15(21(3)4)13-8-12(22(24)25)6-7-14(13)20-16/h6-8,15-16,20H,9-11H2,1-5H3,(H,19,23). The molecule has 1 aromatic rings. The van der Waals surface area contributed by atoms with Gasteiger partial charge in [0.25, 0.3) is 5.69 Å². The van der Waals surface area contributed by atoms with Crippen molar-refractivity contribution >= 4 is 17.3 Å². The Hall–Kier alpha value is -2.19. The van der Waals surface area contributed by atoms with E-state index in [1.807, 2.05) is 14.1 Å². The Morgan fingerprint density at radius 1 is 1.46 bits per heavy atom. The maximum atomic E-state index is 11.7. The smallest absolute Gasteiger partial charge is 0.269 e. The van der Waals surface area contributed by atoms with Gasteiger partial charge in [0.15, 0.2) is 0 Å². The van der Waals surface area contributed by atoms with Crippen molar-refractivity contribution in [3.63, 3.8) is 0 Å². The van der Waals surface area contributed by atoms with Crippen LogP contribution in [-0.2, 0) is 9.53 Å². The minimum Gasteiger partial charge on any atom is -0.381 e. The number of carbonyl (C=O) groups excluding carboxylic acids is 1. The fourth-order valence-corrected chi connectivity index (χ4v) is 3.30. The van der Waals surface area contributed by atoms with Crippen LogP contribution in [0.25, 0.3) is 0 Å². The molecule has 2 N–H and O–H groups in total. The average Bonchev–Trinajstić information content (AvgIpc) is 2.58. The summed E-state index contributed by atoms with van der Waals surface area (Å²) in [6.07, 6.45) is 0.786. The van der Waals surface area contributed by atoms with Crippen LogP contribution in [0, 0.1) is 15.5 Å². The summed E-state index contributed by atoms with van der Waals surface area (Å²) in [4.78, 5) is 24.5. The number of nitro groups is 1. The number of amides is 1. The quantitative estimate of drug-likeness (QED) is 0.568. The van der Waals surface area contributed by atoms with Crippen LogP contribution in [0.1, 0.15) is 31.9 Å². The molecular formula is C18H28N4O4. The summed E-state index contributed by atoms with van der Waals surface area (Å²) in [5.41, 5.74) is 1.72. The summed E-state index contributed by atoms with van der Waals surface area (Å²) in [6.45, 7) is 4.75. The second-order valence-corrected chi connectivity index (χ2v) is 7.64. The van der Waals surface area contributed by atoms with Crippen molar-refractivity contribution < 1.29 is 14.5 Å². The first-order chi connectivity index (χ1) is 12.2. The second kappa shape index (κ2) is 8.01. The molecule has 2 atom stereocenters. The molecule has 8 nitrogen and oxygen atoms in total. The molecule has 0 saturated heterocycles. The molecule has 1 heterocycles. The molecule has 1 aliphatic rings. The molecule has 0 radical (unpaired) electrons. The zero-order valence-electron chi connectivity index (χ0n) is 16.0. The predicted molar refractivity (Wildman–Crippen MR) is 100 cm³/mol. The average molecular weight is 364 g/mol. The Morgan fingerprint density at radius 2 is 2.15 bits per heavy atom. The monoisotopic (exact) mass is 364 g/mol. The largest absolute Gasteiger partial charge is 0.381 e. The topological polar surface area (TPSA) is 96.7 Å². The minimum atomic E-state index is -0.367. The molecule has 0 fully saturated rings. The highest BCUT2D eigenvalue weighted by Gasteiger charge is 2.37. The van der Waals surface area contributed by atoms with E-state index in [0.717, 1.165) is 17.7 Å². The van der Waals surface area contributed by atoms with E-state index in [9.17, 15) is 14.9 Å². The molecule has 144 valence electrons. The Balaban J connectivity index is 2.23. The summed E-state index contributed by atoms with van der Waals surface area (Å²) in [5.74, 6) is -0.142. The number of fused-ring (bicyclic) bond motifs is 1. The highest BCUT2D eigenvalue weighted by Crippen LogP contribution is 2.41.